The summed E-state index contributed by atoms with van der Waals surface area (Å²) in [5, 5.41) is 12.5. The zero-order valence-electron chi connectivity index (χ0n) is 14.5. The molecule has 0 saturated carbocycles. The van der Waals surface area contributed by atoms with Gasteiger partial charge in [0.15, 0.2) is 0 Å². The third kappa shape index (κ3) is 4.00. The van der Waals surface area contributed by atoms with Gasteiger partial charge in [0.1, 0.15) is 16.7 Å². The molecular weight excluding hydrogens is 382 g/mol. The summed E-state index contributed by atoms with van der Waals surface area (Å²) in [4.78, 5) is 26.7. The summed E-state index contributed by atoms with van der Waals surface area (Å²) < 4.78 is 0. The molecule has 2 amide bonds. The number of carbonyl (C=O) groups excluding carboxylic acids is 2. The third-order valence-electron chi connectivity index (χ3n) is 4.08. The van der Waals surface area contributed by atoms with Crippen LogP contribution in [0.2, 0.25) is 5.02 Å². The van der Waals surface area contributed by atoms with E-state index >= 15 is 0 Å². The van der Waals surface area contributed by atoms with Gasteiger partial charge in [0, 0.05) is 17.8 Å². The van der Waals surface area contributed by atoms with Gasteiger partial charge in [-0.1, -0.05) is 53.7 Å². The van der Waals surface area contributed by atoms with Crippen LogP contribution in [0.15, 0.2) is 65.2 Å². The van der Waals surface area contributed by atoms with Crippen LogP contribution in [0.5, 0.6) is 0 Å². The Morgan fingerprint density at radius 1 is 1.22 bits per heavy atom. The minimum atomic E-state index is -0.513. The van der Waals surface area contributed by atoms with E-state index in [1.54, 1.807) is 24.3 Å². The summed E-state index contributed by atoms with van der Waals surface area (Å²) in [6, 6.07) is 18.3. The molecule has 0 aliphatic carbocycles. The first kappa shape index (κ1) is 19.0. The number of halogens is 1. The van der Waals surface area contributed by atoms with E-state index < -0.39 is 11.2 Å². The number of thioether (sulfide) groups is 1. The average molecular weight is 398 g/mol. The molecule has 7 heteroatoms. The first-order valence-corrected chi connectivity index (χ1v) is 9.47. The summed E-state index contributed by atoms with van der Waals surface area (Å²) in [7, 11) is 1.46. The van der Waals surface area contributed by atoms with Crippen molar-refractivity contribution in [3.63, 3.8) is 0 Å². The summed E-state index contributed by atoms with van der Waals surface area (Å²) in [6.45, 7) is 0. The third-order valence-corrected chi connectivity index (χ3v) is 5.60. The number of benzene rings is 2. The number of hydrogen-bond acceptors (Lipinski definition) is 4. The van der Waals surface area contributed by atoms with Crippen molar-refractivity contribution in [1.82, 2.24) is 5.32 Å². The molecule has 0 aromatic heterocycles. The topological polar surface area (TPSA) is 73.2 Å². The Morgan fingerprint density at radius 3 is 2.48 bits per heavy atom. The second kappa shape index (κ2) is 8.30. The molecule has 2 aromatic carbocycles. The minimum Gasteiger partial charge on any atom is -0.354 e. The van der Waals surface area contributed by atoms with Crippen LogP contribution in [-0.4, -0.2) is 24.1 Å². The molecule has 1 heterocycles. The van der Waals surface area contributed by atoms with E-state index in [2.05, 4.69) is 5.32 Å². The van der Waals surface area contributed by atoms with Gasteiger partial charge in [-0.3, -0.25) is 14.5 Å². The van der Waals surface area contributed by atoms with E-state index in [9.17, 15) is 14.9 Å². The Morgan fingerprint density at radius 2 is 1.89 bits per heavy atom. The summed E-state index contributed by atoms with van der Waals surface area (Å²) in [6.07, 6.45) is 0.472. The van der Waals surface area contributed by atoms with Crippen molar-refractivity contribution in [2.45, 2.75) is 11.7 Å². The van der Waals surface area contributed by atoms with Crippen molar-refractivity contribution < 1.29 is 9.59 Å². The lowest BCUT2D eigenvalue weighted by Crippen LogP contribution is -2.31. The molecule has 1 aliphatic heterocycles. The number of carbonyl (C=O) groups is 2. The van der Waals surface area contributed by atoms with Crippen LogP contribution in [0.3, 0.4) is 0 Å². The zero-order valence-corrected chi connectivity index (χ0v) is 16.1. The number of para-hydroxylation sites is 1. The second-order valence-electron chi connectivity index (χ2n) is 5.82. The normalized spacial score (nSPS) is 18.2. The molecule has 27 heavy (non-hydrogen) atoms. The van der Waals surface area contributed by atoms with Gasteiger partial charge in [0.25, 0.3) is 5.91 Å². The largest absolute Gasteiger partial charge is 0.354 e. The van der Waals surface area contributed by atoms with E-state index in [0.717, 1.165) is 5.56 Å². The minimum absolute atomic E-state index is 0.0710. The number of nitrogens with zero attached hydrogens (tertiary/aromatic N) is 2. The fraction of sp³-hybridized carbons (Fsp3) is 0.150. The zero-order chi connectivity index (χ0) is 19.4. The smallest absolute Gasteiger partial charge is 0.264 e. The quantitative estimate of drug-likeness (QED) is 0.632. The van der Waals surface area contributed by atoms with Crippen molar-refractivity contribution in [1.29, 1.82) is 5.26 Å². The molecule has 0 bridgehead atoms. The monoisotopic (exact) mass is 397 g/mol. The predicted molar refractivity (Wildman–Crippen MR) is 107 cm³/mol. The SMILES string of the molecule is CNC(=O)/C(C#N)=C1/S[C@H](Cc2ccc(Cl)cc2)C(=O)N1c1ccccc1. The Balaban J connectivity index is 2.02. The number of hydrogen-bond donors (Lipinski definition) is 1. The van der Waals surface area contributed by atoms with Crippen molar-refractivity contribution in [3.8, 4) is 6.07 Å². The number of likely N-dealkylation sites (N-methyl/N-ethyl adjacent to an activating group) is 1. The average Bonchev–Trinajstić information content (AvgIpc) is 3.00. The van der Waals surface area contributed by atoms with E-state index in [0.29, 0.717) is 22.2 Å². The highest BCUT2D eigenvalue weighted by Gasteiger charge is 2.40. The van der Waals surface area contributed by atoms with Crippen molar-refractivity contribution in [2.75, 3.05) is 11.9 Å². The highest BCUT2D eigenvalue weighted by Crippen LogP contribution is 2.41. The predicted octanol–water partition coefficient (Wildman–Crippen LogP) is 3.51. The van der Waals surface area contributed by atoms with Crippen molar-refractivity contribution in [2.24, 2.45) is 0 Å². The fourth-order valence-corrected chi connectivity index (χ4v) is 4.19. The van der Waals surface area contributed by atoms with Crippen LogP contribution >= 0.6 is 23.4 Å². The van der Waals surface area contributed by atoms with Gasteiger partial charge in [-0.25, -0.2) is 0 Å². The van der Waals surface area contributed by atoms with E-state index in [1.807, 2.05) is 36.4 Å². The molecule has 0 radical (unpaired) electrons. The number of amides is 2. The van der Waals surface area contributed by atoms with Gasteiger partial charge < -0.3 is 5.32 Å². The molecule has 1 aliphatic rings. The Hall–Kier alpha value is -2.75. The maximum atomic E-state index is 13.1. The summed E-state index contributed by atoms with van der Waals surface area (Å²) in [5.74, 6) is -0.673. The molecule has 0 unspecified atom stereocenters. The van der Waals surface area contributed by atoms with Gasteiger partial charge in [-0.05, 0) is 36.2 Å². The standard InChI is InChI=1S/C20H16ClN3O2S/c1-23-18(25)16(12-22)20-24(15-5-3-2-4-6-15)19(26)17(27-20)11-13-7-9-14(21)10-8-13/h2-10,17H,11H2,1H3,(H,23,25)/b20-16+/t17-/m1/s1. The molecule has 2 aromatic rings. The van der Waals surface area contributed by atoms with Crippen LogP contribution in [0.4, 0.5) is 5.69 Å². The number of rotatable bonds is 4. The van der Waals surface area contributed by atoms with Crippen molar-refractivity contribution >= 4 is 40.9 Å². The highest BCUT2D eigenvalue weighted by atomic mass is 35.5. The molecule has 0 spiro atoms. The maximum absolute atomic E-state index is 13.1. The van der Waals surface area contributed by atoms with Crippen LogP contribution < -0.4 is 10.2 Å². The Bertz CT molecular complexity index is 936. The van der Waals surface area contributed by atoms with Crippen molar-refractivity contribution in [3.05, 3.63) is 75.8 Å². The molecule has 1 atom stereocenters. The van der Waals surface area contributed by atoms with Crippen LogP contribution in [0.25, 0.3) is 0 Å². The first-order chi connectivity index (χ1) is 13.0. The number of nitriles is 1. The lowest BCUT2D eigenvalue weighted by Gasteiger charge is -2.18. The number of anilines is 1. The Kier molecular flexibility index (Phi) is 5.84. The van der Waals surface area contributed by atoms with Gasteiger partial charge >= 0.3 is 0 Å². The molecule has 1 N–H and O–H groups in total. The van der Waals surface area contributed by atoms with Crippen LogP contribution in [0, 0.1) is 11.3 Å². The van der Waals surface area contributed by atoms with Gasteiger partial charge in [-0.2, -0.15) is 5.26 Å². The molecule has 5 nitrogen and oxygen atoms in total. The Labute approximate surface area is 166 Å². The second-order valence-corrected chi connectivity index (χ2v) is 7.45. The number of nitrogens with one attached hydrogen (secondary N) is 1. The molecule has 1 fully saturated rings. The molecular formula is C20H16ClN3O2S. The fourth-order valence-electron chi connectivity index (χ4n) is 2.76. The lowest BCUT2D eigenvalue weighted by atomic mass is 10.1. The van der Waals surface area contributed by atoms with Gasteiger partial charge in [-0.15, -0.1) is 0 Å². The first-order valence-electron chi connectivity index (χ1n) is 8.21. The molecule has 136 valence electrons. The highest BCUT2D eigenvalue weighted by molar-refractivity contribution is 8.05. The molecule has 3 rings (SSSR count). The van der Waals surface area contributed by atoms with Gasteiger partial charge in [0.05, 0.1) is 5.25 Å². The summed E-state index contributed by atoms with van der Waals surface area (Å²) in [5.41, 5.74) is 1.51. The summed E-state index contributed by atoms with van der Waals surface area (Å²) >= 11 is 7.16. The van der Waals surface area contributed by atoms with E-state index in [1.165, 1.54) is 23.7 Å². The van der Waals surface area contributed by atoms with E-state index in [-0.39, 0.29) is 11.5 Å². The van der Waals surface area contributed by atoms with Crippen LogP contribution in [0.1, 0.15) is 5.56 Å². The lowest BCUT2D eigenvalue weighted by molar-refractivity contribution is -0.117. The molecule has 1 saturated heterocycles. The van der Waals surface area contributed by atoms with E-state index in [4.69, 9.17) is 11.6 Å². The van der Waals surface area contributed by atoms with Gasteiger partial charge in [0.2, 0.25) is 5.91 Å². The van der Waals surface area contributed by atoms with Crippen LogP contribution in [-0.2, 0) is 16.0 Å². The maximum Gasteiger partial charge on any atom is 0.264 e.